The summed E-state index contributed by atoms with van der Waals surface area (Å²) in [5.41, 5.74) is 0.201. The summed E-state index contributed by atoms with van der Waals surface area (Å²) in [6.45, 7) is 2.15. The molecule has 0 spiro atoms. The van der Waals surface area contributed by atoms with E-state index in [4.69, 9.17) is 0 Å². The van der Waals surface area contributed by atoms with Gasteiger partial charge in [0, 0.05) is 13.1 Å². The summed E-state index contributed by atoms with van der Waals surface area (Å²) < 4.78 is 41.0. The standard InChI is InChI=1S/C17H24F3N3O2.HI/c1-2-21-15(23-11-16(24)8-3-9-16)22-10-13-4-6-14(7-5-13)25-12-17(18,19)20;/h4-7,24H,2-3,8-12H2,1H3,(H2,21,22,23);1H. The Kier molecular flexibility index (Phi) is 8.94. The van der Waals surface area contributed by atoms with Gasteiger partial charge in [-0.3, -0.25) is 0 Å². The fourth-order valence-electron chi connectivity index (χ4n) is 2.38. The topological polar surface area (TPSA) is 65.9 Å². The maximum atomic E-state index is 12.1. The van der Waals surface area contributed by atoms with Gasteiger partial charge in [-0.2, -0.15) is 13.2 Å². The van der Waals surface area contributed by atoms with Crippen LogP contribution in [0.15, 0.2) is 29.3 Å². The van der Waals surface area contributed by atoms with Gasteiger partial charge in [-0.05, 0) is 43.9 Å². The molecule has 1 aromatic rings. The third kappa shape index (κ3) is 7.98. The van der Waals surface area contributed by atoms with E-state index in [2.05, 4.69) is 20.4 Å². The van der Waals surface area contributed by atoms with Crippen LogP contribution in [-0.2, 0) is 6.54 Å². The molecule has 148 valence electrons. The third-order valence-corrected chi connectivity index (χ3v) is 3.96. The fourth-order valence-corrected chi connectivity index (χ4v) is 2.38. The lowest BCUT2D eigenvalue weighted by atomic mass is 9.80. The van der Waals surface area contributed by atoms with Gasteiger partial charge in [0.15, 0.2) is 12.6 Å². The van der Waals surface area contributed by atoms with Gasteiger partial charge >= 0.3 is 6.18 Å². The van der Waals surface area contributed by atoms with Crippen LogP contribution in [-0.4, -0.2) is 42.5 Å². The SMILES string of the molecule is CCNC(=NCc1ccc(OCC(F)(F)F)cc1)NCC1(O)CCC1.I. The minimum absolute atomic E-state index is 0. The summed E-state index contributed by atoms with van der Waals surface area (Å²) in [4.78, 5) is 4.42. The number of nitrogens with one attached hydrogen (secondary N) is 2. The van der Waals surface area contributed by atoms with E-state index in [1.54, 1.807) is 12.1 Å². The number of ether oxygens (including phenoxy) is 1. The zero-order valence-corrected chi connectivity index (χ0v) is 16.9. The Hall–Kier alpha value is -1.23. The van der Waals surface area contributed by atoms with Crippen molar-refractivity contribution < 1.29 is 23.0 Å². The summed E-state index contributed by atoms with van der Waals surface area (Å²) in [6, 6.07) is 6.35. The number of rotatable bonds is 7. The number of guanidine groups is 1. The van der Waals surface area contributed by atoms with Crippen molar-refractivity contribution in [3.05, 3.63) is 29.8 Å². The summed E-state index contributed by atoms with van der Waals surface area (Å²) in [5.74, 6) is 0.766. The average Bonchev–Trinajstić information content (AvgIpc) is 2.54. The summed E-state index contributed by atoms with van der Waals surface area (Å²) in [6.07, 6.45) is -1.73. The van der Waals surface area contributed by atoms with Crippen molar-refractivity contribution in [2.75, 3.05) is 19.7 Å². The van der Waals surface area contributed by atoms with Crippen LogP contribution in [0.25, 0.3) is 0 Å². The van der Waals surface area contributed by atoms with Crippen molar-refractivity contribution in [3.63, 3.8) is 0 Å². The van der Waals surface area contributed by atoms with Crippen molar-refractivity contribution in [3.8, 4) is 5.75 Å². The second-order valence-corrected chi connectivity index (χ2v) is 6.17. The van der Waals surface area contributed by atoms with Crippen LogP contribution in [0.5, 0.6) is 5.75 Å². The zero-order valence-electron chi connectivity index (χ0n) is 14.6. The van der Waals surface area contributed by atoms with E-state index in [0.29, 0.717) is 25.6 Å². The second-order valence-electron chi connectivity index (χ2n) is 6.17. The monoisotopic (exact) mass is 487 g/mol. The van der Waals surface area contributed by atoms with Crippen molar-refractivity contribution in [2.24, 2.45) is 4.99 Å². The van der Waals surface area contributed by atoms with Crippen LogP contribution in [0.2, 0.25) is 0 Å². The van der Waals surface area contributed by atoms with E-state index in [0.717, 1.165) is 24.8 Å². The highest BCUT2D eigenvalue weighted by Gasteiger charge is 2.34. The predicted molar refractivity (Wildman–Crippen MR) is 105 cm³/mol. The van der Waals surface area contributed by atoms with Gasteiger partial charge in [-0.15, -0.1) is 24.0 Å². The lowest BCUT2D eigenvalue weighted by Gasteiger charge is -2.36. The molecule has 0 radical (unpaired) electrons. The molecule has 1 aliphatic rings. The van der Waals surface area contributed by atoms with Crippen LogP contribution in [0.1, 0.15) is 31.7 Å². The Morgan fingerprint density at radius 2 is 1.88 bits per heavy atom. The third-order valence-electron chi connectivity index (χ3n) is 3.96. The minimum atomic E-state index is -4.35. The lowest BCUT2D eigenvalue weighted by Crippen LogP contribution is -2.50. The highest BCUT2D eigenvalue weighted by molar-refractivity contribution is 14.0. The predicted octanol–water partition coefficient (Wildman–Crippen LogP) is 3.22. The molecule has 1 saturated carbocycles. The summed E-state index contributed by atoms with van der Waals surface area (Å²) >= 11 is 0. The van der Waals surface area contributed by atoms with E-state index < -0.39 is 18.4 Å². The first-order valence-corrected chi connectivity index (χ1v) is 8.33. The van der Waals surface area contributed by atoms with E-state index in [1.807, 2.05) is 6.92 Å². The van der Waals surface area contributed by atoms with Crippen LogP contribution < -0.4 is 15.4 Å². The van der Waals surface area contributed by atoms with Crippen LogP contribution in [0, 0.1) is 0 Å². The molecular formula is C17H25F3IN3O2. The smallest absolute Gasteiger partial charge is 0.422 e. The molecule has 0 aromatic heterocycles. The number of nitrogens with zero attached hydrogens (tertiary/aromatic N) is 1. The molecule has 1 fully saturated rings. The lowest BCUT2D eigenvalue weighted by molar-refractivity contribution is -0.153. The molecule has 9 heteroatoms. The molecule has 3 N–H and O–H groups in total. The molecule has 0 saturated heterocycles. The van der Waals surface area contributed by atoms with E-state index in [9.17, 15) is 18.3 Å². The number of aliphatic imine (C=N–C) groups is 1. The molecule has 0 unspecified atom stereocenters. The molecule has 1 aromatic carbocycles. The Bertz CT molecular complexity index is 576. The number of hydrogen-bond acceptors (Lipinski definition) is 3. The fraction of sp³-hybridized carbons (Fsp3) is 0.588. The molecule has 0 atom stereocenters. The van der Waals surface area contributed by atoms with Crippen molar-refractivity contribution >= 4 is 29.9 Å². The molecule has 1 aliphatic carbocycles. The molecule has 0 aliphatic heterocycles. The van der Waals surface area contributed by atoms with Crippen LogP contribution in [0.4, 0.5) is 13.2 Å². The van der Waals surface area contributed by atoms with Gasteiger partial charge in [0.05, 0.1) is 12.1 Å². The summed E-state index contributed by atoms with van der Waals surface area (Å²) in [5, 5.41) is 16.3. The maximum Gasteiger partial charge on any atom is 0.422 e. The van der Waals surface area contributed by atoms with Crippen LogP contribution in [0.3, 0.4) is 0 Å². The minimum Gasteiger partial charge on any atom is -0.484 e. The first kappa shape index (κ1) is 22.8. The molecule has 0 heterocycles. The number of aliphatic hydroxyl groups is 1. The Labute approximate surface area is 168 Å². The molecule has 5 nitrogen and oxygen atoms in total. The van der Waals surface area contributed by atoms with Gasteiger partial charge in [-0.25, -0.2) is 4.99 Å². The average molecular weight is 487 g/mol. The molecule has 26 heavy (non-hydrogen) atoms. The Morgan fingerprint density at radius 3 is 2.38 bits per heavy atom. The second kappa shape index (κ2) is 10.2. The zero-order chi connectivity index (χ0) is 18.3. The molecule has 0 bridgehead atoms. The largest absolute Gasteiger partial charge is 0.484 e. The van der Waals surface area contributed by atoms with Gasteiger partial charge < -0.3 is 20.5 Å². The van der Waals surface area contributed by atoms with Gasteiger partial charge in [0.25, 0.3) is 0 Å². The van der Waals surface area contributed by atoms with Crippen LogP contribution >= 0.6 is 24.0 Å². The summed E-state index contributed by atoms with van der Waals surface area (Å²) in [7, 11) is 0. The highest BCUT2D eigenvalue weighted by Crippen LogP contribution is 2.30. The molecule has 0 amide bonds. The van der Waals surface area contributed by atoms with Gasteiger partial charge in [0.2, 0.25) is 0 Å². The maximum absolute atomic E-state index is 12.1. The number of benzene rings is 1. The van der Waals surface area contributed by atoms with Crippen molar-refractivity contribution in [1.29, 1.82) is 0 Å². The van der Waals surface area contributed by atoms with E-state index >= 15 is 0 Å². The van der Waals surface area contributed by atoms with E-state index in [1.165, 1.54) is 12.1 Å². The van der Waals surface area contributed by atoms with E-state index in [-0.39, 0.29) is 29.7 Å². The van der Waals surface area contributed by atoms with Crippen molar-refractivity contribution in [2.45, 2.75) is 44.5 Å². The first-order valence-electron chi connectivity index (χ1n) is 8.33. The number of halogens is 4. The number of hydrogen-bond donors (Lipinski definition) is 3. The number of alkyl halides is 3. The van der Waals surface area contributed by atoms with Gasteiger partial charge in [0.1, 0.15) is 5.75 Å². The quantitative estimate of drug-likeness (QED) is 0.314. The van der Waals surface area contributed by atoms with Crippen molar-refractivity contribution in [1.82, 2.24) is 10.6 Å². The highest BCUT2D eigenvalue weighted by atomic mass is 127. The van der Waals surface area contributed by atoms with Gasteiger partial charge in [-0.1, -0.05) is 12.1 Å². The molecular weight excluding hydrogens is 462 g/mol. The normalized spacial score (nSPS) is 16.3. The Balaban J connectivity index is 0.00000338. The Morgan fingerprint density at radius 1 is 1.23 bits per heavy atom. The first-order chi connectivity index (χ1) is 11.8. The molecule has 2 rings (SSSR count).